The zero-order valence-corrected chi connectivity index (χ0v) is 10.5. The van der Waals surface area contributed by atoms with Crippen molar-refractivity contribution in [2.45, 2.75) is 39.2 Å². The van der Waals surface area contributed by atoms with E-state index in [1.807, 2.05) is 0 Å². The lowest BCUT2D eigenvalue weighted by Gasteiger charge is -2.05. The van der Waals surface area contributed by atoms with Gasteiger partial charge >= 0.3 is 0 Å². The molecule has 2 N–H and O–H groups in total. The topological polar surface area (TPSA) is 49.3 Å². The van der Waals surface area contributed by atoms with E-state index in [0.29, 0.717) is 19.4 Å². The largest absolute Gasteiger partial charge is 0.396 e. The molecule has 0 aliphatic heterocycles. The summed E-state index contributed by atoms with van der Waals surface area (Å²) >= 11 is 1.69. The van der Waals surface area contributed by atoms with Crippen LogP contribution >= 0.6 is 11.3 Å². The summed E-state index contributed by atoms with van der Waals surface area (Å²) in [5.41, 5.74) is 1.32. The van der Waals surface area contributed by atoms with Crippen molar-refractivity contribution >= 4 is 17.2 Å². The van der Waals surface area contributed by atoms with Gasteiger partial charge in [0.15, 0.2) is 0 Å². The highest BCUT2D eigenvalue weighted by molar-refractivity contribution is 7.10. The summed E-state index contributed by atoms with van der Waals surface area (Å²) < 4.78 is 0. The maximum Gasteiger partial charge on any atom is 0.220 e. The molecule has 1 rings (SSSR count). The molecule has 0 aliphatic carbocycles. The minimum atomic E-state index is 0.0731. The van der Waals surface area contributed by atoms with Crippen LogP contribution in [-0.2, 0) is 17.8 Å². The van der Waals surface area contributed by atoms with Crippen molar-refractivity contribution in [1.29, 1.82) is 0 Å². The first kappa shape index (κ1) is 13.2. The molecule has 0 saturated heterocycles. The molecule has 0 fully saturated rings. The third-order valence-corrected chi connectivity index (χ3v) is 3.44. The Bertz CT molecular complexity index is 323. The highest BCUT2D eigenvalue weighted by atomic mass is 32.1. The molecule has 0 saturated carbocycles. The molecular formula is C12H19NO2S. The Labute approximate surface area is 100 Å². The summed E-state index contributed by atoms with van der Waals surface area (Å²) in [6.07, 6.45) is 2.98. The molecule has 0 aliphatic rings. The van der Waals surface area contributed by atoms with E-state index in [2.05, 4.69) is 23.7 Å². The van der Waals surface area contributed by atoms with Crippen LogP contribution in [0.3, 0.4) is 0 Å². The lowest BCUT2D eigenvalue weighted by molar-refractivity contribution is -0.121. The average molecular weight is 241 g/mol. The van der Waals surface area contributed by atoms with Gasteiger partial charge in [-0.25, -0.2) is 0 Å². The van der Waals surface area contributed by atoms with Gasteiger partial charge in [0.1, 0.15) is 0 Å². The van der Waals surface area contributed by atoms with Gasteiger partial charge in [-0.15, -0.1) is 11.3 Å². The quantitative estimate of drug-likeness (QED) is 0.718. The SMILES string of the molecule is CCc1ccsc1CNC(=O)CCCCO. The van der Waals surface area contributed by atoms with E-state index in [-0.39, 0.29) is 12.5 Å². The lowest BCUT2D eigenvalue weighted by Crippen LogP contribution is -2.22. The number of rotatable bonds is 7. The minimum absolute atomic E-state index is 0.0731. The van der Waals surface area contributed by atoms with Crippen molar-refractivity contribution < 1.29 is 9.90 Å². The minimum Gasteiger partial charge on any atom is -0.396 e. The van der Waals surface area contributed by atoms with Crippen molar-refractivity contribution in [3.05, 3.63) is 21.9 Å². The van der Waals surface area contributed by atoms with Gasteiger partial charge in [0.2, 0.25) is 5.91 Å². The molecule has 0 aromatic carbocycles. The van der Waals surface area contributed by atoms with Crippen molar-refractivity contribution in [3.63, 3.8) is 0 Å². The van der Waals surface area contributed by atoms with Gasteiger partial charge in [0.05, 0.1) is 6.54 Å². The molecular weight excluding hydrogens is 222 g/mol. The Morgan fingerprint density at radius 1 is 1.50 bits per heavy atom. The molecule has 90 valence electrons. The standard InChI is InChI=1S/C12H19NO2S/c1-2-10-6-8-16-11(10)9-13-12(15)5-3-4-7-14/h6,8,14H,2-5,7,9H2,1H3,(H,13,15). The molecule has 3 nitrogen and oxygen atoms in total. The average Bonchev–Trinajstić information content (AvgIpc) is 2.74. The van der Waals surface area contributed by atoms with Crippen molar-refractivity contribution in [3.8, 4) is 0 Å². The molecule has 0 unspecified atom stereocenters. The van der Waals surface area contributed by atoms with E-state index in [4.69, 9.17) is 5.11 Å². The summed E-state index contributed by atoms with van der Waals surface area (Å²) in [5, 5.41) is 13.6. The fourth-order valence-electron chi connectivity index (χ4n) is 1.50. The Balaban J connectivity index is 2.26. The van der Waals surface area contributed by atoms with Crippen molar-refractivity contribution in [2.75, 3.05) is 6.61 Å². The van der Waals surface area contributed by atoms with Gasteiger partial charge in [0.25, 0.3) is 0 Å². The summed E-state index contributed by atoms with van der Waals surface area (Å²) in [6.45, 7) is 2.92. The van der Waals surface area contributed by atoms with Crippen LogP contribution in [0.5, 0.6) is 0 Å². The number of aryl methyl sites for hydroxylation is 1. The van der Waals surface area contributed by atoms with Crippen LogP contribution in [0.2, 0.25) is 0 Å². The van der Waals surface area contributed by atoms with E-state index in [1.54, 1.807) is 11.3 Å². The zero-order valence-electron chi connectivity index (χ0n) is 9.66. The number of aliphatic hydroxyl groups is 1. The fraction of sp³-hybridized carbons (Fsp3) is 0.583. The summed E-state index contributed by atoms with van der Waals surface area (Å²) in [7, 11) is 0. The van der Waals surface area contributed by atoms with E-state index in [1.165, 1.54) is 10.4 Å². The first-order chi connectivity index (χ1) is 7.77. The second-order valence-electron chi connectivity index (χ2n) is 3.68. The van der Waals surface area contributed by atoms with Crippen LogP contribution < -0.4 is 5.32 Å². The zero-order chi connectivity index (χ0) is 11.8. The van der Waals surface area contributed by atoms with Gasteiger partial charge in [-0.05, 0) is 36.3 Å². The molecule has 16 heavy (non-hydrogen) atoms. The molecule has 1 amide bonds. The third kappa shape index (κ3) is 4.33. The molecule has 0 spiro atoms. The van der Waals surface area contributed by atoms with Crippen LogP contribution in [0.15, 0.2) is 11.4 Å². The van der Waals surface area contributed by atoms with Gasteiger partial charge in [-0.3, -0.25) is 4.79 Å². The van der Waals surface area contributed by atoms with E-state index in [0.717, 1.165) is 12.8 Å². The monoisotopic (exact) mass is 241 g/mol. The number of carbonyl (C=O) groups excluding carboxylic acids is 1. The summed E-state index contributed by atoms with van der Waals surface area (Å²) in [6, 6.07) is 2.11. The smallest absolute Gasteiger partial charge is 0.220 e. The number of thiophene rings is 1. The molecule has 0 bridgehead atoms. The number of carbonyl (C=O) groups is 1. The third-order valence-electron chi connectivity index (χ3n) is 2.48. The normalized spacial score (nSPS) is 10.4. The Hall–Kier alpha value is -0.870. The number of aliphatic hydroxyl groups excluding tert-OH is 1. The molecule has 1 aromatic heterocycles. The first-order valence-electron chi connectivity index (χ1n) is 5.70. The molecule has 1 heterocycles. The lowest BCUT2D eigenvalue weighted by atomic mass is 10.2. The highest BCUT2D eigenvalue weighted by Crippen LogP contribution is 2.16. The van der Waals surface area contributed by atoms with Crippen LogP contribution in [0.25, 0.3) is 0 Å². The van der Waals surface area contributed by atoms with Gasteiger partial charge < -0.3 is 10.4 Å². The van der Waals surface area contributed by atoms with E-state index >= 15 is 0 Å². The maximum absolute atomic E-state index is 11.4. The van der Waals surface area contributed by atoms with Crippen LogP contribution in [0.4, 0.5) is 0 Å². The van der Waals surface area contributed by atoms with Crippen molar-refractivity contribution in [2.24, 2.45) is 0 Å². The maximum atomic E-state index is 11.4. The molecule has 0 atom stereocenters. The Kier molecular flexibility index (Phi) is 6.11. The van der Waals surface area contributed by atoms with Crippen LogP contribution in [0.1, 0.15) is 36.6 Å². The van der Waals surface area contributed by atoms with E-state index in [9.17, 15) is 4.79 Å². The van der Waals surface area contributed by atoms with Gasteiger partial charge in [-0.1, -0.05) is 6.92 Å². The number of nitrogens with one attached hydrogen (secondary N) is 1. The number of hydrogen-bond acceptors (Lipinski definition) is 3. The summed E-state index contributed by atoms with van der Waals surface area (Å²) in [5.74, 6) is 0.0731. The number of amides is 1. The highest BCUT2D eigenvalue weighted by Gasteiger charge is 2.05. The molecule has 0 radical (unpaired) electrons. The second-order valence-corrected chi connectivity index (χ2v) is 4.68. The van der Waals surface area contributed by atoms with Crippen LogP contribution in [0, 0.1) is 0 Å². The fourth-order valence-corrected chi connectivity index (χ4v) is 2.42. The summed E-state index contributed by atoms with van der Waals surface area (Å²) in [4.78, 5) is 12.7. The second kappa shape index (κ2) is 7.41. The number of hydrogen-bond donors (Lipinski definition) is 2. The number of unbranched alkanes of at least 4 members (excludes halogenated alkanes) is 1. The predicted octanol–water partition coefficient (Wildman–Crippen LogP) is 2.09. The Morgan fingerprint density at radius 2 is 2.31 bits per heavy atom. The van der Waals surface area contributed by atoms with E-state index < -0.39 is 0 Å². The molecule has 4 heteroatoms. The first-order valence-corrected chi connectivity index (χ1v) is 6.58. The molecule has 1 aromatic rings. The van der Waals surface area contributed by atoms with Crippen LogP contribution in [-0.4, -0.2) is 17.6 Å². The predicted molar refractivity (Wildman–Crippen MR) is 66.5 cm³/mol. The van der Waals surface area contributed by atoms with Crippen molar-refractivity contribution in [1.82, 2.24) is 5.32 Å². The Morgan fingerprint density at radius 3 is 3.00 bits per heavy atom. The van der Waals surface area contributed by atoms with Gasteiger partial charge in [0, 0.05) is 17.9 Å². The van der Waals surface area contributed by atoms with Gasteiger partial charge in [-0.2, -0.15) is 0 Å².